The number of unbranched alkanes of at least 4 members (excludes halogenated alkanes) is 2. The molecule has 0 aliphatic rings. The largest absolute Gasteiger partial charge is 0.261 e. The van der Waals surface area contributed by atoms with E-state index in [1.807, 2.05) is 6.20 Å². The van der Waals surface area contributed by atoms with Crippen LogP contribution in [0.5, 0.6) is 0 Å². The Balaban J connectivity index is 2.50. The molecule has 0 aromatic carbocycles. The highest BCUT2D eigenvalue weighted by Crippen LogP contribution is 2.08. The lowest BCUT2D eigenvalue weighted by Gasteiger charge is -2.03. The average Bonchev–Trinajstić information content (AvgIpc) is 2.24. The highest BCUT2D eigenvalue weighted by Gasteiger charge is 1.96. The molecule has 0 radical (unpaired) electrons. The van der Waals surface area contributed by atoms with Gasteiger partial charge in [-0.25, -0.2) is 0 Å². The molecule has 1 nitrogen and oxygen atoms in total. The van der Waals surface area contributed by atoms with Crippen molar-refractivity contribution in [1.82, 2.24) is 4.98 Å². The van der Waals surface area contributed by atoms with E-state index in [1.165, 1.54) is 43.4 Å². The van der Waals surface area contributed by atoms with Crippen molar-refractivity contribution in [3.05, 3.63) is 29.6 Å². The predicted octanol–water partition coefficient (Wildman–Crippen LogP) is 3.77. The Labute approximate surface area is 87.6 Å². The van der Waals surface area contributed by atoms with E-state index in [9.17, 15) is 0 Å². The van der Waals surface area contributed by atoms with Crippen LogP contribution in [0.2, 0.25) is 0 Å². The van der Waals surface area contributed by atoms with Gasteiger partial charge in [0.15, 0.2) is 0 Å². The first-order chi connectivity index (χ1) is 6.86. The molecule has 0 atom stereocenters. The van der Waals surface area contributed by atoms with Crippen molar-refractivity contribution in [3.8, 4) is 0 Å². The zero-order valence-corrected chi connectivity index (χ0v) is 9.42. The zero-order valence-electron chi connectivity index (χ0n) is 9.42. The quantitative estimate of drug-likeness (QED) is 0.667. The van der Waals surface area contributed by atoms with Crippen LogP contribution in [0.25, 0.3) is 0 Å². The summed E-state index contributed by atoms with van der Waals surface area (Å²) in [5, 5.41) is 0. The normalized spacial score (nSPS) is 10.4. The highest BCUT2D eigenvalue weighted by atomic mass is 14.7. The van der Waals surface area contributed by atoms with Crippen molar-refractivity contribution >= 4 is 0 Å². The molecular formula is C13H21N. The Morgan fingerprint density at radius 3 is 2.50 bits per heavy atom. The first-order valence-electron chi connectivity index (χ1n) is 5.80. The molecule has 1 heterocycles. The maximum Gasteiger partial charge on any atom is 0.0406 e. The van der Waals surface area contributed by atoms with E-state index in [0.29, 0.717) is 0 Å². The lowest BCUT2D eigenvalue weighted by molar-refractivity contribution is 0.765. The second kappa shape index (κ2) is 6.58. The van der Waals surface area contributed by atoms with Gasteiger partial charge in [-0.3, -0.25) is 4.98 Å². The summed E-state index contributed by atoms with van der Waals surface area (Å²) in [6.07, 6.45) is 9.36. The van der Waals surface area contributed by atoms with Gasteiger partial charge >= 0.3 is 0 Å². The van der Waals surface area contributed by atoms with Gasteiger partial charge in [-0.2, -0.15) is 0 Å². The Hall–Kier alpha value is -0.850. The summed E-state index contributed by atoms with van der Waals surface area (Å²) in [6, 6.07) is 4.41. The second-order valence-electron chi connectivity index (χ2n) is 3.86. The van der Waals surface area contributed by atoms with Gasteiger partial charge in [0.25, 0.3) is 0 Å². The van der Waals surface area contributed by atoms with Gasteiger partial charge in [-0.15, -0.1) is 0 Å². The van der Waals surface area contributed by atoms with Crippen molar-refractivity contribution in [1.29, 1.82) is 0 Å². The minimum Gasteiger partial charge on any atom is -0.261 e. The number of hydrogen-bond acceptors (Lipinski definition) is 1. The fraction of sp³-hybridized carbons (Fsp3) is 0.615. The van der Waals surface area contributed by atoms with E-state index in [2.05, 4.69) is 31.0 Å². The third-order valence-corrected chi connectivity index (χ3v) is 2.49. The summed E-state index contributed by atoms with van der Waals surface area (Å²) < 4.78 is 0. The van der Waals surface area contributed by atoms with Gasteiger partial charge in [0, 0.05) is 11.9 Å². The summed E-state index contributed by atoms with van der Waals surface area (Å²) in [6.45, 7) is 4.46. The van der Waals surface area contributed by atoms with Gasteiger partial charge in [0.05, 0.1) is 0 Å². The Morgan fingerprint density at radius 2 is 1.79 bits per heavy atom. The fourth-order valence-corrected chi connectivity index (χ4v) is 1.56. The van der Waals surface area contributed by atoms with Crippen LogP contribution in [0.1, 0.15) is 50.8 Å². The number of pyridine rings is 1. The van der Waals surface area contributed by atoms with E-state index in [0.717, 1.165) is 6.42 Å². The third-order valence-electron chi connectivity index (χ3n) is 2.49. The number of aryl methyl sites for hydroxylation is 2. The molecule has 0 saturated heterocycles. The molecule has 0 aliphatic carbocycles. The van der Waals surface area contributed by atoms with Gasteiger partial charge in [-0.1, -0.05) is 26.7 Å². The van der Waals surface area contributed by atoms with Crippen LogP contribution in [0.15, 0.2) is 18.3 Å². The molecule has 1 aromatic heterocycles. The maximum absolute atomic E-state index is 4.38. The summed E-state index contributed by atoms with van der Waals surface area (Å²) in [5.74, 6) is 0. The Morgan fingerprint density at radius 1 is 1.07 bits per heavy atom. The molecule has 0 spiro atoms. The lowest BCUT2D eigenvalue weighted by atomic mass is 10.1. The summed E-state index contributed by atoms with van der Waals surface area (Å²) in [5.41, 5.74) is 2.72. The second-order valence-corrected chi connectivity index (χ2v) is 3.86. The third kappa shape index (κ3) is 3.91. The van der Waals surface area contributed by atoms with E-state index >= 15 is 0 Å². The van der Waals surface area contributed by atoms with E-state index in [1.54, 1.807) is 0 Å². The monoisotopic (exact) mass is 191 g/mol. The number of aromatic nitrogens is 1. The molecule has 1 aromatic rings. The van der Waals surface area contributed by atoms with Gasteiger partial charge in [0.2, 0.25) is 0 Å². The van der Waals surface area contributed by atoms with Crippen molar-refractivity contribution in [2.75, 3.05) is 0 Å². The van der Waals surface area contributed by atoms with Crippen molar-refractivity contribution in [2.24, 2.45) is 0 Å². The molecule has 0 aliphatic heterocycles. The van der Waals surface area contributed by atoms with Crippen LogP contribution in [0, 0.1) is 0 Å². The molecule has 14 heavy (non-hydrogen) atoms. The van der Waals surface area contributed by atoms with Crippen molar-refractivity contribution < 1.29 is 0 Å². The van der Waals surface area contributed by atoms with E-state index in [-0.39, 0.29) is 0 Å². The van der Waals surface area contributed by atoms with E-state index in [4.69, 9.17) is 0 Å². The molecule has 0 bridgehead atoms. The lowest BCUT2D eigenvalue weighted by Crippen LogP contribution is -1.92. The SMILES string of the molecule is CCCCc1ccnc(CCCC)c1. The van der Waals surface area contributed by atoms with Gasteiger partial charge < -0.3 is 0 Å². The number of nitrogens with zero attached hydrogens (tertiary/aromatic N) is 1. The minimum atomic E-state index is 1.14. The van der Waals surface area contributed by atoms with Crippen LogP contribution in [0.4, 0.5) is 0 Å². The highest BCUT2D eigenvalue weighted by molar-refractivity contribution is 5.16. The number of hydrogen-bond donors (Lipinski definition) is 0. The summed E-state index contributed by atoms with van der Waals surface area (Å²) in [7, 11) is 0. The number of rotatable bonds is 6. The molecule has 0 fully saturated rings. The zero-order chi connectivity index (χ0) is 10.2. The molecule has 0 N–H and O–H groups in total. The van der Waals surface area contributed by atoms with Crippen LogP contribution in [-0.2, 0) is 12.8 Å². The van der Waals surface area contributed by atoms with Crippen LogP contribution in [0.3, 0.4) is 0 Å². The van der Waals surface area contributed by atoms with Crippen molar-refractivity contribution in [3.63, 3.8) is 0 Å². The fourth-order valence-electron chi connectivity index (χ4n) is 1.56. The van der Waals surface area contributed by atoms with Crippen LogP contribution >= 0.6 is 0 Å². The smallest absolute Gasteiger partial charge is 0.0406 e. The molecule has 78 valence electrons. The molecule has 1 heteroatoms. The van der Waals surface area contributed by atoms with E-state index < -0.39 is 0 Å². The topological polar surface area (TPSA) is 12.9 Å². The average molecular weight is 191 g/mol. The summed E-state index contributed by atoms with van der Waals surface area (Å²) >= 11 is 0. The van der Waals surface area contributed by atoms with Crippen LogP contribution < -0.4 is 0 Å². The molecule has 0 amide bonds. The Bertz CT molecular complexity index is 232. The maximum atomic E-state index is 4.38. The van der Waals surface area contributed by atoms with Gasteiger partial charge in [0.1, 0.15) is 0 Å². The molecule has 0 saturated carbocycles. The van der Waals surface area contributed by atoms with Crippen molar-refractivity contribution in [2.45, 2.75) is 52.4 Å². The molecular weight excluding hydrogens is 170 g/mol. The van der Waals surface area contributed by atoms with Gasteiger partial charge in [-0.05, 0) is 43.4 Å². The standard InChI is InChI=1S/C13H21N/c1-3-5-7-12-9-10-14-13(11-12)8-6-4-2/h9-11H,3-8H2,1-2H3. The first-order valence-corrected chi connectivity index (χ1v) is 5.80. The summed E-state index contributed by atoms with van der Waals surface area (Å²) in [4.78, 5) is 4.38. The molecule has 1 rings (SSSR count). The predicted molar refractivity (Wildman–Crippen MR) is 61.5 cm³/mol. The van der Waals surface area contributed by atoms with Crippen LogP contribution in [-0.4, -0.2) is 4.98 Å². The minimum absolute atomic E-state index is 1.14. The first kappa shape index (κ1) is 11.2. The molecule has 0 unspecified atom stereocenters. The Kier molecular flexibility index (Phi) is 5.28.